The molecule has 0 aliphatic heterocycles. The molecule has 4 rings (SSSR count). The molecule has 4 aromatic rings. The van der Waals surface area contributed by atoms with Crippen LogP contribution in [0.15, 0.2) is 22.8 Å². The number of nitrogens with two attached hydrogens (primary N) is 1. The van der Waals surface area contributed by atoms with Gasteiger partial charge in [-0.15, -0.1) is 11.3 Å². The van der Waals surface area contributed by atoms with Crippen LogP contribution in [0.3, 0.4) is 0 Å². The van der Waals surface area contributed by atoms with E-state index >= 15 is 0 Å². The number of anilines is 1. The van der Waals surface area contributed by atoms with Gasteiger partial charge in [-0.3, -0.25) is 4.79 Å². The lowest BCUT2D eigenvalue weighted by Crippen LogP contribution is -2.10. The predicted molar refractivity (Wildman–Crippen MR) is 122 cm³/mol. The summed E-state index contributed by atoms with van der Waals surface area (Å²) < 4.78 is 16.0. The number of ether oxygens (including phenoxy) is 2. The van der Waals surface area contributed by atoms with Crippen LogP contribution in [-0.4, -0.2) is 28.5 Å². The van der Waals surface area contributed by atoms with E-state index in [-0.39, 0.29) is 31.3 Å². The molecular weight excluding hydrogens is 430 g/mol. The van der Waals surface area contributed by atoms with Gasteiger partial charge in [0.05, 0.1) is 24.7 Å². The molecule has 3 aromatic heterocycles. The molecule has 0 aliphatic rings. The highest BCUT2D eigenvalue weighted by atomic mass is 32.1. The first-order valence-electron chi connectivity index (χ1n) is 10.1. The minimum absolute atomic E-state index is 0.0678. The molecule has 0 aliphatic carbocycles. The Kier molecular flexibility index (Phi) is 5.84. The van der Waals surface area contributed by atoms with Crippen molar-refractivity contribution in [3.05, 3.63) is 51.4 Å². The van der Waals surface area contributed by atoms with Gasteiger partial charge in [0.2, 0.25) is 0 Å². The van der Waals surface area contributed by atoms with Gasteiger partial charge in [0, 0.05) is 10.9 Å². The van der Waals surface area contributed by atoms with Crippen LogP contribution in [0.5, 0.6) is 0 Å². The first kappa shape index (κ1) is 21.8. The molecular formula is C23H23N3O5S. The number of nitrogen functional groups attached to an aromatic ring is 1. The third-order valence-corrected chi connectivity index (χ3v) is 6.46. The second kappa shape index (κ2) is 8.58. The average molecular weight is 454 g/mol. The monoisotopic (exact) mass is 453 g/mol. The molecule has 0 amide bonds. The number of hydrogen-bond acceptors (Lipinski definition) is 9. The first-order chi connectivity index (χ1) is 15.3. The van der Waals surface area contributed by atoms with E-state index in [9.17, 15) is 9.59 Å². The predicted octanol–water partition coefficient (Wildman–Crippen LogP) is 4.41. The van der Waals surface area contributed by atoms with Crippen molar-refractivity contribution in [1.82, 2.24) is 9.97 Å². The van der Waals surface area contributed by atoms with Crippen molar-refractivity contribution in [2.75, 3.05) is 12.3 Å². The van der Waals surface area contributed by atoms with Gasteiger partial charge in [-0.1, -0.05) is 0 Å². The maximum atomic E-state index is 12.4. The summed E-state index contributed by atoms with van der Waals surface area (Å²) in [5.41, 5.74) is 10.5. The van der Waals surface area contributed by atoms with Crippen molar-refractivity contribution in [1.29, 1.82) is 0 Å². The summed E-state index contributed by atoms with van der Waals surface area (Å²) in [7, 11) is 0. The highest BCUT2D eigenvalue weighted by Gasteiger charge is 2.21. The molecule has 8 nitrogen and oxygen atoms in total. The van der Waals surface area contributed by atoms with Crippen molar-refractivity contribution >= 4 is 50.3 Å². The number of esters is 2. The fourth-order valence-corrected chi connectivity index (χ4v) is 4.60. The number of carbonyl (C=O) groups excluding carboxylic acids is 2. The molecule has 9 heteroatoms. The Morgan fingerprint density at radius 1 is 1.12 bits per heavy atom. The molecule has 0 fully saturated rings. The molecule has 0 unspecified atom stereocenters. The highest BCUT2D eigenvalue weighted by molar-refractivity contribution is 7.20. The van der Waals surface area contributed by atoms with Gasteiger partial charge in [-0.05, 0) is 56.5 Å². The number of carbonyl (C=O) groups is 2. The lowest BCUT2D eigenvalue weighted by atomic mass is 10.0. The number of aromatic nitrogens is 2. The summed E-state index contributed by atoms with van der Waals surface area (Å²) in [5, 5.41) is 1.51. The summed E-state index contributed by atoms with van der Waals surface area (Å²) in [6, 6.07) is 3.97. The molecule has 0 saturated carbocycles. The zero-order valence-corrected chi connectivity index (χ0v) is 19.1. The minimum Gasteiger partial charge on any atom is -0.464 e. The van der Waals surface area contributed by atoms with Crippen LogP contribution < -0.4 is 5.73 Å². The second-order valence-electron chi connectivity index (χ2n) is 7.51. The number of aryl methyl sites for hydroxylation is 3. The van der Waals surface area contributed by atoms with Crippen molar-refractivity contribution in [2.24, 2.45) is 0 Å². The van der Waals surface area contributed by atoms with Crippen molar-refractivity contribution in [3.8, 4) is 0 Å². The molecule has 166 valence electrons. The van der Waals surface area contributed by atoms with E-state index in [1.807, 2.05) is 26.0 Å². The van der Waals surface area contributed by atoms with E-state index in [4.69, 9.17) is 19.6 Å². The molecule has 0 radical (unpaired) electrons. The Labute approximate surface area is 188 Å². The van der Waals surface area contributed by atoms with Gasteiger partial charge in [0.25, 0.3) is 0 Å². The van der Waals surface area contributed by atoms with Crippen molar-refractivity contribution in [3.63, 3.8) is 0 Å². The topological polar surface area (TPSA) is 118 Å². The van der Waals surface area contributed by atoms with Gasteiger partial charge in [-0.2, -0.15) is 0 Å². The Bertz CT molecular complexity index is 1360. The number of benzene rings is 1. The molecule has 0 saturated heterocycles. The molecule has 1 aromatic carbocycles. The van der Waals surface area contributed by atoms with Gasteiger partial charge in [-0.25, -0.2) is 14.8 Å². The highest BCUT2D eigenvalue weighted by Crippen LogP contribution is 2.33. The first-order valence-corrected chi connectivity index (χ1v) is 11.0. The van der Waals surface area contributed by atoms with E-state index in [1.165, 1.54) is 11.3 Å². The fourth-order valence-electron chi connectivity index (χ4n) is 3.50. The normalized spacial score (nSPS) is 11.2. The average Bonchev–Trinajstić information content (AvgIpc) is 3.28. The van der Waals surface area contributed by atoms with Crippen LogP contribution in [-0.2, 0) is 27.3 Å². The summed E-state index contributed by atoms with van der Waals surface area (Å²) in [4.78, 5) is 34.3. The molecule has 32 heavy (non-hydrogen) atoms. The third-order valence-electron chi connectivity index (χ3n) is 5.29. The molecule has 0 spiro atoms. The summed E-state index contributed by atoms with van der Waals surface area (Å²) >= 11 is 1.18. The van der Waals surface area contributed by atoms with Crippen molar-refractivity contribution in [2.45, 2.75) is 40.7 Å². The maximum Gasteiger partial charge on any atom is 0.348 e. The molecule has 0 atom stereocenters. The van der Waals surface area contributed by atoms with Gasteiger partial charge in [0.15, 0.2) is 12.4 Å². The number of furan rings is 1. The summed E-state index contributed by atoms with van der Waals surface area (Å²) in [5.74, 6) is -0.346. The van der Waals surface area contributed by atoms with Gasteiger partial charge < -0.3 is 19.6 Å². The maximum absolute atomic E-state index is 12.4. The lowest BCUT2D eigenvalue weighted by Gasteiger charge is -2.06. The number of rotatable bonds is 6. The summed E-state index contributed by atoms with van der Waals surface area (Å²) in [6.45, 7) is 7.71. The Morgan fingerprint density at radius 3 is 2.62 bits per heavy atom. The molecule has 0 bridgehead atoms. The Balaban J connectivity index is 1.50. The van der Waals surface area contributed by atoms with Gasteiger partial charge >= 0.3 is 11.9 Å². The largest absolute Gasteiger partial charge is 0.464 e. The van der Waals surface area contributed by atoms with Crippen LogP contribution in [0.1, 0.15) is 44.7 Å². The minimum atomic E-state index is -0.428. The Morgan fingerprint density at radius 2 is 1.88 bits per heavy atom. The van der Waals surface area contributed by atoms with Crippen LogP contribution in [0, 0.1) is 20.8 Å². The van der Waals surface area contributed by atoms with E-state index in [0.717, 1.165) is 27.7 Å². The number of nitrogens with zero attached hydrogens (tertiary/aromatic N) is 2. The zero-order chi connectivity index (χ0) is 23.0. The summed E-state index contributed by atoms with van der Waals surface area (Å²) in [6.07, 6.45) is 1.65. The third kappa shape index (κ3) is 4.03. The van der Waals surface area contributed by atoms with Crippen molar-refractivity contribution < 1.29 is 23.5 Å². The van der Waals surface area contributed by atoms with Crippen LogP contribution in [0.4, 0.5) is 5.82 Å². The number of hydrogen-bond donors (Lipinski definition) is 1. The quantitative estimate of drug-likeness (QED) is 0.427. The smallest absolute Gasteiger partial charge is 0.348 e. The fraction of sp³-hybridized carbons (Fsp3) is 0.304. The van der Waals surface area contributed by atoms with Crippen LogP contribution >= 0.6 is 11.3 Å². The molecule has 2 N–H and O–H groups in total. The van der Waals surface area contributed by atoms with Crippen LogP contribution in [0.2, 0.25) is 0 Å². The van der Waals surface area contributed by atoms with E-state index in [2.05, 4.69) is 9.97 Å². The van der Waals surface area contributed by atoms with E-state index in [0.29, 0.717) is 20.7 Å². The SMILES string of the molecule is CCOC(=O)c1sc2nc(COC(=O)Cc3coc4cc(C)c(C)cc34)nc(N)c2c1C. The van der Waals surface area contributed by atoms with Crippen LogP contribution in [0.25, 0.3) is 21.2 Å². The standard InChI is InChI=1S/C23H23N3O5S/c1-5-29-23(28)20-13(4)19-21(24)25-17(26-22(19)32-20)10-31-18(27)8-14-9-30-16-7-12(3)11(2)6-15(14)16/h6-7,9H,5,8,10H2,1-4H3,(H2,24,25,26). The number of fused-ring (bicyclic) bond motifs is 2. The Hall–Kier alpha value is -3.46. The lowest BCUT2D eigenvalue weighted by molar-refractivity contribution is -0.144. The zero-order valence-electron chi connectivity index (χ0n) is 18.3. The van der Waals surface area contributed by atoms with Gasteiger partial charge in [0.1, 0.15) is 21.1 Å². The van der Waals surface area contributed by atoms with E-state index < -0.39 is 11.9 Å². The second-order valence-corrected chi connectivity index (χ2v) is 8.51. The molecule has 3 heterocycles. The van der Waals surface area contributed by atoms with E-state index in [1.54, 1.807) is 20.1 Å². The number of thiophene rings is 1.